The number of hydrogen-bond acceptors (Lipinski definition) is 4. The summed E-state index contributed by atoms with van der Waals surface area (Å²) in [6.07, 6.45) is 4.32. The van der Waals surface area contributed by atoms with Gasteiger partial charge in [-0.15, -0.1) is 0 Å². The third kappa shape index (κ3) is 6.53. The monoisotopic (exact) mass is 286 g/mol. The number of nitrogens with one attached hydrogen (secondary N) is 1. The second kappa shape index (κ2) is 9.72. The van der Waals surface area contributed by atoms with E-state index in [2.05, 4.69) is 37.9 Å². The summed E-state index contributed by atoms with van der Waals surface area (Å²) in [7, 11) is 1.77. The predicted octanol–water partition coefficient (Wildman–Crippen LogP) is 2.28. The maximum Gasteiger partial charge on any atom is 0.0707 e. The maximum atomic E-state index is 6.17. The summed E-state index contributed by atoms with van der Waals surface area (Å²) in [6.45, 7) is 12.7. The molecule has 0 aromatic heterocycles. The van der Waals surface area contributed by atoms with E-state index >= 15 is 0 Å². The van der Waals surface area contributed by atoms with E-state index in [1.165, 1.54) is 19.3 Å². The van der Waals surface area contributed by atoms with Crippen LogP contribution in [0.1, 0.15) is 47.0 Å². The molecule has 0 bridgehead atoms. The lowest BCUT2D eigenvalue weighted by Crippen LogP contribution is -2.41. The Morgan fingerprint density at radius 3 is 2.55 bits per heavy atom. The van der Waals surface area contributed by atoms with Crippen molar-refractivity contribution in [2.45, 2.75) is 71.2 Å². The number of methoxy groups -OCH3 is 1. The lowest BCUT2D eigenvalue weighted by molar-refractivity contribution is 0.00903. The van der Waals surface area contributed by atoms with Gasteiger partial charge in [0.25, 0.3) is 0 Å². The van der Waals surface area contributed by atoms with E-state index in [9.17, 15) is 0 Å². The molecule has 1 fully saturated rings. The Labute approximate surface area is 125 Å². The van der Waals surface area contributed by atoms with Crippen LogP contribution in [0.4, 0.5) is 0 Å². The van der Waals surface area contributed by atoms with E-state index in [4.69, 9.17) is 9.47 Å². The topological polar surface area (TPSA) is 33.7 Å². The molecule has 1 aliphatic rings. The smallest absolute Gasteiger partial charge is 0.0707 e. The number of ether oxygens (including phenoxy) is 2. The third-order valence-corrected chi connectivity index (χ3v) is 4.18. The molecule has 20 heavy (non-hydrogen) atoms. The van der Waals surface area contributed by atoms with Gasteiger partial charge in [-0.25, -0.2) is 0 Å². The van der Waals surface area contributed by atoms with Gasteiger partial charge in [0.05, 0.1) is 18.8 Å². The zero-order valence-corrected chi connectivity index (χ0v) is 14.0. The van der Waals surface area contributed by atoms with E-state index in [-0.39, 0.29) is 0 Å². The molecule has 0 radical (unpaired) electrons. The molecule has 0 aliphatic carbocycles. The van der Waals surface area contributed by atoms with Crippen molar-refractivity contribution >= 4 is 0 Å². The Bertz CT molecular complexity index is 249. The molecular weight excluding hydrogens is 252 g/mol. The Balaban J connectivity index is 2.34. The second-order valence-electron chi connectivity index (χ2n) is 6.27. The highest BCUT2D eigenvalue weighted by atomic mass is 16.5. The fraction of sp³-hybridized carbons (Fsp3) is 1.00. The first kappa shape index (κ1) is 17.9. The number of nitrogens with zero attached hydrogens (tertiary/aromatic N) is 1. The summed E-state index contributed by atoms with van der Waals surface area (Å²) in [5.41, 5.74) is 0. The van der Waals surface area contributed by atoms with Gasteiger partial charge in [-0.3, -0.25) is 4.90 Å². The van der Waals surface area contributed by atoms with Crippen molar-refractivity contribution in [2.24, 2.45) is 0 Å². The Morgan fingerprint density at radius 1 is 1.25 bits per heavy atom. The van der Waals surface area contributed by atoms with Gasteiger partial charge in [0.15, 0.2) is 0 Å². The van der Waals surface area contributed by atoms with E-state index < -0.39 is 0 Å². The van der Waals surface area contributed by atoms with Crippen molar-refractivity contribution < 1.29 is 9.47 Å². The van der Waals surface area contributed by atoms with Crippen molar-refractivity contribution in [2.75, 3.05) is 33.4 Å². The van der Waals surface area contributed by atoms with Crippen molar-refractivity contribution in [3.05, 3.63) is 0 Å². The SMILES string of the molecule is CCC(C)N(CCOC)CC1CCC(CNC(C)C)O1. The zero-order chi connectivity index (χ0) is 15.0. The summed E-state index contributed by atoms with van der Waals surface area (Å²) in [4.78, 5) is 2.51. The lowest BCUT2D eigenvalue weighted by atomic mass is 10.1. The van der Waals surface area contributed by atoms with E-state index in [1.807, 2.05) is 0 Å². The van der Waals surface area contributed by atoms with Crippen molar-refractivity contribution in [3.8, 4) is 0 Å². The number of rotatable bonds is 10. The van der Waals surface area contributed by atoms with Crippen LogP contribution >= 0.6 is 0 Å². The first-order valence-corrected chi connectivity index (χ1v) is 8.18. The molecule has 0 aromatic carbocycles. The molecule has 1 rings (SSSR count). The Kier molecular flexibility index (Phi) is 8.69. The van der Waals surface area contributed by atoms with Crippen LogP contribution in [-0.4, -0.2) is 62.5 Å². The first-order chi connectivity index (χ1) is 9.56. The van der Waals surface area contributed by atoms with Crippen LogP contribution in [0.3, 0.4) is 0 Å². The summed E-state index contributed by atoms with van der Waals surface area (Å²) in [6, 6.07) is 1.14. The summed E-state index contributed by atoms with van der Waals surface area (Å²) < 4.78 is 11.4. The summed E-state index contributed by atoms with van der Waals surface area (Å²) >= 11 is 0. The minimum Gasteiger partial charge on any atom is -0.383 e. The highest BCUT2D eigenvalue weighted by Crippen LogP contribution is 2.21. The molecule has 1 heterocycles. The van der Waals surface area contributed by atoms with E-state index in [0.717, 1.165) is 26.2 Å². The van der Waals surface area contributed by atoms with Crippen LogP contribution < -0.4 is 5.32 Å². The third-order valence-electron chi connectivity index (χ3n) is 4.18. The van der Waals surface area contributed by atoms with Gasteiger partial charge in [0.1, 0.15) is 0 Å². The van der Waals surface area contributed by atoms with E-state index in [1.54, 1.807) is 7.11 Å². The maximum absolute atomic E-state index is 6.17. The van der Waals surface area contributed by atoms with Crippen LogP contribution in [0.2, 0.25) is 0 Å². The van der Waals surface area contributed by atoms with Gasteiger partial charge in [-0.2, -0.15) is 0 Å². The molecule has 4 nitrogen and oxygen atoms in total. The van der Waals surface area contributed by atoms with Gasteiger partial charge in [0, 0.05) is 38.8 Å². The normalized spacial score (nSPS) is 24.8. The van der Waals surface area contributed by atoms with Gasteiger partial charge in [-0.1, -0.05) is 20.8 Å². The molecule has 3 unspecified atom stereocenters. The minimum absolute atomic E-state index is 0.389. The van der Waals surface area contributed by atoms with Crippen LogP contribution in [0.25, 0.3) is 0 Å². The number of hydrogen-bond donors (Lipinski definition) is 1. The Hall–Kier alpha value is -0.160. The molecule has 0 amide bonds. The van der Waals surface area contributed by atoms with Crippen molar-refractivity contribution in [3.63, 3.8) is 0 Å². The molecule has 1 aliphatic heterocycles. The highest BCUT2D eigenvalue weighted by molar-refractivity contribution is 4.80. The first-order valence-electron chi connectivity index (χ1n) is 8.18. The second-order valence-corrected chi connectivity index (χ2v) is 6.27. The predicted molar refractivity (Wildman–Crippen MR) is 84.2 cm³/mol. The molecule has 0 spiro atoms. The zero-order valence-electron chi connectivity index (χ0n) is 14.0. The average molecular weight is 286 g/mol. The van der Waals surface area contributed by atoms with Crippen LogP contribution in [0, 0.1) is 0 Å². The molecule has 1 N–H and O–H groups in total. The van der Waals surface area contributed by atoms with Crippen LogP contribution in [-0.2, 0) is 9.47 Å². The Morgan fingerprint density at radius 2 is 1.95 bits per heavy atom. The molecule has 1 saturated heterocycles. The standard InChI is InChI=1S/C16H34N2O2/c1-6-14(4)18(9-10-19-5)12-16-8-7-15(20-16)11-17-13(2)3/h13-17H,6-12H2,1-5H3. The molecule has 120 valence electrons. The minimum atomic E-state index is 0.389. The van der Waals surface area contributed by atoms with Gasteiger partial charge < -0.3 is 14.8 Å². The molecule has 3 atom stereocenters. The van der Waals surface area contributed by atoms with Crippen molar-refractivity contribution in [1.29, 1.82) is 0 Å². The van der Waals surface area contributed by atoms with Gasteiger partial charge >= 0.3 is 0 Å². The van der Waals surface area contributed by atoms with Crippen LogP contribution in [0.5, 0.6) is 0 Å². The lowest BCUT2D eigenvalue weighted by Gasteiger charge is -2.30. The van der Waals surface area contributed by atoms with Gasteiger partial charge in [0.2, 0.25) is 0 Å². The molecule has 0 saturated carbocycles. The van der Waals surface area contributed by atoms with Gasteiger partial charge in [-0.05, 0) is 26.2 Å². The fourth-order valence-electron chi connectivity index (χ4n) is 2.65. The molecular formula is C16H34N2O2. The van der Waals surface area contributed by atoms with E-state index in [0.29, 0.717) is 24.3 Å². The fourth-order valence-corrected chi connectivity index (χ4v) is 2.65. The average Bonchev–Trinajstić information content (AvgIpc) is 2.88. The highest BCUT2D eigenvalue weighted by Gasteiger charge is 2.27. The molecule has 0 aromatic rings. The van der Waals surface area contributed by atoms with Crippen molar-refractivity contribution in [1.82, 2.24) is 10.2 Å². The van der Waals surface area contributed by atoms with Crippen LogP contribution in [0.15, 0.2) is 0 Å². The quantitative estimate of drug-likeness (QED) is 0.668. The molecule has 4 heteroatoms. The summed E-state index contributed by atoms with van der Waals surface area (Å²) in [5.74, 6) is 0. The largest absolute Gasteiger partial charge is 0.383 e. The summed E-state index contributed by atoms with van der Waals surface area (Å²) in [5, 5.41) is 3.47.